The Morgan fingerprint density at radius 2 is 0.720 bits per heavy atom. The normalized spacial score (nSPS) is 12.0. The van der Waals surface area contributed by atoms with E-state index < -0.39 is 10.1 Å². The summed E-state index contributed by atoms with van der Waals surface area (Å²) in [4.78, 5) is 0.169. The Balaban J connectivity index is 1.64. The molecule has 50 heavy (non-hydrogen) atoms. The summed E-state index contributed by atoms with van der Waals surface area (Å²) < 4.78 is 36.0. The fraction of sp³-hybridized carbons (Fsp3) is 0.783. The Labute approximate surface area is 311 Å². The zero-order valence-electron chi connectivity index (χ0n) is 33.1. The van der Waals surface area contributed by atoms with E-state index in [1.165, 1.54) is 186 Å². The van der Waals surface area contributed by atoms with E-state index in [1.807, 2.05) is 18.2 Å². The van der Waals surface area contributed by atoms with Crippen molar-refractivity contribution in [3.05, 3.63) is 41.5 Å². The average Bonchev–Trinajstić information content (AvgIpc) is 3.10. The summed E-state index contributed by atoms with van der Waals surface area (Å²) in [6, 6.07) is 10.1. The van der Waals surface area contributed by atoms with Gasteiger partial charge in [-0.3, -0.25) is 4.55 Å². The highest BCUT2D eigenvalue weighted by molar-refractivity contribution is 7.86. The van der Waals surface area contributed by atoms with Crippen molar-refractivity contribution in [1.29, 1.82) is 0 Å². The molecule has 2 aromatic rings. The van der Waals surface area contributed by atoms with Gasteiger partial charge in [-0.2, -0.15) is 8.42 Å². The molecule has 0 heterocycles. The molecule has 4 heteroatoms. The van der Waals surface area contributed by atoms with E-state index in [2.05, 4.69) is 26.0 Å². The Morgan fingerprint density at radius 3 is 1.06 bits per heavy atom. The SMILES string of the molecule is CCCCCCCCCCCCCCCCCCc1ccc2cccc(CCCCCCCCCCCCCCCCCC)c2c1S(=O)(=O)O. The molecule has 0 aliphatic rings. The minimum Gasteiger partial charge on any atom is -0.282 e. The Kier molecular flexibility index (Phi) is 27.0. The lowest BCUT2D eigenvalue weighted by Gasteiger charge is -2.15. The van der Waals surface area contributed by atoms with Crippen LogP contribution in [0, 0.1) is 0 Å². The lowest BCUT2D eigenvalue weighted by molar-refractivity contribution is 0.482. The van der Waals surface area contributed by atoms with E-state index in [0.29, 0.717) is 6.42 Å². The molecule has 0 aromatic heterocycles. The van der Waals surface area contributed by atoms with Gasteiger partial charge in [-0.15, -0.1) is 0 Å². The molecule has 0 aliphatic heterocycles. The Morgan fingerprint density at radius 1 is 0.400 bits per heavy atom. The summed E-state index contributed by atoms with van der Waals surface area (Å²) in [5.41, 5.74) is 1.85. The molecular weight excluding hydrogens is 633 g/mol. The number of fused-ring (bicyclic) bond motifs is 1. The number of benzene rings is 2. The molecule has 3 nitrogen and oxygen atoms in total. The number of unbranched alkanes of at least 4 members (excludes halogenated alkanes) is 30. The number of hydrogen-bond donors (Lipinski definition) is 1. The third-order valence-electron chi connectivity index (χ3n) is 11.0. The van der Waals surface area contributed by atoms with Crippen molar-refractivity contribution in [1.82, 2.24) is 0 Å². The van der Waals surface area contributed by atoms with Crippen LogP contribution in [0.5, 0.6) is 0 Å². The number of rotatable bonds is 35. The lowest BCUT2D eigenvalue weighted by Crippen LogP contribution is -2.06. The first-order valence-corrected chi connectivity index (χ1v) is 23.4. The van der Waals surface area contributed by atoms with E-state index in [9.17, 15) is 13.0 Å². The van der Waals surface area contributed by atoms with Crippen LogP contribution in [0.15, 0.2) is 35.2 Å². The second-order valence-electron chi connectivity index (χ2n) is 15.7. The predicted octanol–water partition coefficient (Wildman–Crippen LogP) is 15.7. The monoisotopic (exact) mass is 713 g/mol. The summed E-state index contributed by atoms with van der Waals surface area (Å²) >= 11 is 0. The van der Waals surface area contributed by atoms with Crippen molar-refractivity contribution >= 4 is 20.9 Å². The van der Waals surface area contributed by atoms with Gasteiger partial charge in [0.05, 0.1) is 0 Å². The van der Waals surface area contributed by atoms with Crippen LogP contribution >= 0.6 is 0 Å². The summed E-state index contributed by atoms with van der Waals surface area (Å²) in [5, 5.41) is 1.67. The number of aryl methyl sites for hydroxylation is 2. The fourth-order valence-electron chi connectivity index (χ4n) is 7.89. The molecule has 0 amide bonds. The molecule has 0 unspecified atom stereocenters. The van der Waals surface area contributed by atoms with Crippen LogP contribution in [-0.2, 0) is 23.0 Å². The largest absolute Gasteiger partial charge is 0.295 e. The first kappa shape index (κ1) is 44.8. The van der Waals surface area contributed by atoms with Gasteiger partial charge in [-0.05, 0) is 42.2 Å². The second-order valence-corrected chi connectivity index (χ2v) is 17.0. The molecule has 0 bridgehead atoms. The zero-order valence-corrected chi connectivity index (χ0v) is 33.9. The van der Waals surface area contributed by atoms with Crippen molar-refractivity contribution < 1.29 is 13.0 Å². The highest BCUT2D eigenvalue weighted by Crippen LogP contribution is 2.32. The molecule has 0 atom stereocenters. The maximum atomic E-state index is 12.8. The first-order chi connectivity index (χ1) is 24.5. The minimum atomic E-state index is -4.32. The van der Waals surface area contributed by atoms with Gasteiger partial charge in [0.1, 0.15) is 4.90 Å². The third-order valence-corrected chi connectivity index (χ3v) is 12.0. The van der Waals surface area contributed by atoms with Gasteiger partial charge >= 0.3 is 0 Å². The van der Waals surface area contributed by atoms with Crippen molar-refractivity contribution in [2.45, 2.75) is 237 Å². The van der Waals surface area contributed by atoms with E-state index in [0.717, 1.165) is 47.6 Å². The second kappa shape index (κ2) is 30.1. The molecule has 1 N–H and O–H groups in total. The molecule has 0 saturated heterocycles. The molecule has 0 saturated carbocycles. The Bertz CT molecular complexity index is 1190. The van der Waals surface area contributed by atoms with Gasteiger partial charge in [0.25, 0.3) is 10.1 Å². The van der Waals surface area contributed by atoms with Crippen molar-refractivity contribution in [3.63, 3.8) is 0 Å². The summed E-state index contributed by atoms with van der Waals surface area (Å²) in [5.74, 6) is 0. The van der Waals surface area contributed by atoms with Crippen LogP contribution in [0.1, 0.15) is 230 Å². The lowest BCUT2D eigenvalue weighted by atomic mass is 9.95. The van der Waals surface area contributed by atoms with E-state index >= 15 is 0 Å². The van der Waals surface area contributed by atoms with E-state index in [-0.39, 0.29) is 4.90 Å². The Hall–Kier alpha value is -1.39. The third kappa shape index (κ3) is 21.2. The highest BCUT2D eigenvalue weighted by Gasteiger charge is 2.21. The van der Waals surface area contributed by atoms with E-state index in [4.69, 9.17) is 0 Å². The zero-order chi connectivity index (χ0) is 36.0. The molecule has 0 spiro atoms. The molecule has 0 fully saturated rings. The summed E-state index contributed by atoms with van der Waals surface area (Å²) in [6.07, 6.45) is 44.3. The molecule has 0 aliphatic carbocycles. The quantitative estimate of drug-likeness (QED) is 0.0572. The maximum Gasteiger partial charge on any atom is 0.295 e. The van der Waals surface area contributed by atoms with Crippen LogP contribution in [0.4, 0.5) is 0 Å². The van der Waals surface area contributed by atoms with Gasteiger partial charge in [0.15, 0.2) is 0 Å². The summed E-state index contributed by atoms with van der Waals surface area (Å²) in [7, 11) is -4.32. The highest BCUT2D eigenvalue weighted by atomic mass is 32.2. The fourth-order valence-corrected chi connectivity index (χ4v) is 8.90. The number of hydrogen-bond acceptors (Lipinski definition) is 2. The van der Waals surface area contributed by atoms with Gasteiger partial charge in [-0.25, -0.2) is 0 Å². The molecular formula is C46H80O3S. The maximum absolute atomic E-state index is 12.8. The smallest absolute Gasteiger partial charge is 0.282 e. The van der Waals surface area contributed by atoms with Crippen LogP contribution in [0.25, 0.3) is 10.8 Å². The van der Waals surface area contributed by atoms with E-state index in [1.54, 1.807) is 0 Å². The van der Waals surface area contributed by atoms with Crippen LogP contribution in [0.2, 0.25) is 0 Å². The molecule has 0 radical (unpaired) electrons. The standard InChI is InChI=1S/C46H80O3S/c1-3-5-7-9-11-13-15-17-19-21-23-25-27-29-31-33-36-42-38-35-39-43-40-41-44(46(45(42)43)50(47,48)49)37-34-32-30-28-26-24-22-20-18-16-14-12-10-8-6-4-2/h35,38-41H,3-34,36-37H2,1-2H3,(H,47,48,49). The van der Waals surface area contributed by atoms with Crippen molar-refractivity contribution in [3.8, 4) is 0 Å². The van der Waals surface area contributed by atoms with Gasteiger partial charge in [-0.1, -0.05) is 237 Å². The first-order valence-electron chi connectivity index (χ1n) is 22.0. The molecule has 2 aromatic carbocycles. The van der Waals surface area contributed by atoms with Crippen LogP contribution in [-0.4, -0.2) is 13.0 Å². The topological polar surface area (TPSA) is 54.4 Å². The van der Waals surface area contributed by atoms with Crippen molar-refractivity contribution in [2.75, 3.05) is 0 Å². The van der Waals surface area contributed by atoms with Gasteiger partial charge in [0.2, 0.25) is 0 Å². The average molecular weight is 713 g/mol. The predicted molar refractivity (Wildman–Crippen MR) is 220 cm³/mol. The minimum absolute atomic E-state index is 0.169. The molecule has 288 valence electrons. The van der Waals surface area contributed by atoms with Gasteiger partial charge < -0.3 is 0 Å². The summed E-state index contributed by atoms with van der Waals surface area (Å²) in [6.45, 7) is 4.57. The van der Waals surface area contributed by atoms with Crippen LogP contribution in [0.3, 0.4) is 0 Å². The molecule has 2 rings (SSSR count). The van der Waals surface area contributed by atoms with Gasteiger partial charge in [0, 0.05) is 5.39 Å². The van der Waals surface area contributed by atoms with Crippen LogP contribution < -0.4 is 0 Å². The van der Waals surface area contributed by atoms with Crippen molar-refractivity contribution in [2.24, 2.45) is 0 Å².